The fourth-order valence-corrected chi connectivity index (χ4v) is 1.35. The lowest BCUT2D eigenvalue weighted by Crippen LogP contribution is -2.16. The maximum atomic E-state index is 2.30. The summed E-state index contributed by atoms with van der Waals surface area (Å²) in [4.78, 5) is 2.30. The van der Waals surface area contributed by atoms with Crippen molar-refractivity contribution in [3.05, 3.63) is 41.5 Å². The van der Waals surface area contributed by atoms with E-state index in [-0.39, 0.29) is 0 Å². The van der Waals surface area contributed by atoms with Crippen molar-refractivity contribution in [3.8, 4) is 0 Å². The zero-order chi connectivity index (χ0) is 10.4. The van der Waals surface area contributed by atoms with Gasteiger partial charge in [0.05, 0.1) is 0 Å². The van der Waals surface area contributed by atoms with Gasteiger partial charge < -0.3 is 4.90 Å². The average Bonchev–Trinajstić information content (AvgIpc) is 2.21. The number of allylic oxidation sites excluding steroid dienone is 1. The molecule has 0 aliphatic carbocycles. The van der Waals surface area contributed by atoms with E-state index in [1.54, 1.807) is 0 Å². The largest absolute Gasteiger partial charge is 0.302 e. The summed E-state index contributed by atoms with van der Waals surface area (Å²) < 4.78 is 0. The second-order valence-electron chi connectivity index (χ2n) is 3.57. The van der Waals surface area contributed by atoms with E-state index in [1.807, 2.05) is 6.92 Å². The van der Waals surface area contributed by atoms with Gasteiger partial charge in [0.15, 0.2) is 0 Å². The van der Waals surface area contributed by atoms with Crippen LogP contribution in [-0.4, -0.2) is 18.5 Å². The number of benzene rings is 1. The fourth-order valence-electron chi connectivity index (χ4n) is 1.35. The molecule has 1 aromatic rings. The molecule has 0 radical (unpaired) electrons. The Morgan fingerprint density at radius 3 is 2.36 bits per heavy atom. The number of rotatable bonds is 4. The summed E-state index contributed by atoms with van der Waals surface area (Å²) in [5.41, 5.74) is 2.65. The van der Waals surface area contributed by atoms with Crippen LogP contribution in [0.5, 0.6) is 0 Å². The van der Waals surface area contributed by atoms with E-state index in [2.05, 4.69) is 55.3 Å². The molecule has 1 heteroatoms. The first-order valence-electron chi connectivity index (χ1n) is 5.16. The molecular weight excluding hydrogens is 170 g/mol. The molecule has 0 N–H and O–H groups in total. The van der Waals surface area contributed by atoms with Gasteiger partial charge in [-0.05, 0) is 31.6 Å². The molecule has 0 spiro atoms. The summed E-state index contributed by atoms with van der Waals surface area (Å²) in [6.45, 7) is 6.34. The van der Waals surface area contributed by atoms with Gasteiger partial charge in [-0.1, -0.05) is 43.3 Å². The highest BCUT2D eigenvalue weighted by atomic mass is 15.1. The first-order valence-corrected chi connectivity index (χ1v) is 5.16. The highest BCUT2D eigenvalue weighted by Crippen LogP contribution is 2.07. The second kappa shape index (κ2) is 5.61. The molecule has 0 aliphatic rings. The maximum Gasteiger partial charge on any atom is 0.0230 e. The van der Waals surface area contributed by atoms with Gasteiger partial charge in [0.2, 0.25) is 0 Å². The second-order valence-corrected chi connectivity index (χ2v) is 3.57. The molecule has 0 heterocycles. The number of nitrogens with zero attached hydrogens (tertiary/aromatic N) is 1. The molecular formula is C13H19N. The summed E-state index contributed by atoms with van der Waals surface area (Å²) in [6, 6.07) is 8.72. The van der Waals surface area contributed by atoms with Crippen LogP contribution in [-0.2, 0) is 6.54 Å². The molecule has 14 heavy (non-hydrogen) atoms. The average molecular weight is 189 g/mol. The Morgan fingerprint density at radius 1 is 1.21 bits per heavy atom. The van der Waals surface area contributed by atoms with Crippen molar-refractivity contribution < 1.29 is 0 Å². The minimum Gasteiger partial charge on any atom is -0.302 e. The molecule has 1 rings (SSSR count). The van der Waals surface area contributed by atoms with Crippen LogP contribution in [0, 0.1) is 0 Å². The highest BCUT2D eigenvalue weighted by Gasteiger charge is 1.96. The Balaban J connectivity index is 2.63. The van der Waals surface area contributed by atoms with Crippen LogP contribution >= 0.6 is 0 Å². The monoisotopic (exact) mass is 189 g/mol. The minimum absolute atomic E-state index is 1.03. The normalized spacial score (nSPS) is 11.4. The van der Waals surface area contributed by atoms with Crippen LogP contribution in [0.2, 0.25) is 0 Å². The van der Waals surface area contributed by atoms with Crippen LogP contribution in [0.15, 0.2) is 30.3 Å². The van der Waals surface area contributed by atoms with E-state index in [4.69, 9.17) is 0 Å². The lowest BCUT2D eigenvalue weighted by molar-refractivity contribution is 0.346. The zero-order valence-corrected chi connectivity index (χ0v) is 9.33. The molecule has 0 atom stereocenters. The molecule has 0 aromatic heterocycles. The third-order valence-corrected chi connectivity index (χ3v) is 2.33. The molecule has 0 aliphatic heterocycles. The molecule has 1 nitrogen and oxygen atoms in total. The van der Waals surface area contributed by atoms with Gasteiger partial charge in [-0.3, -0.25) is 0 Å². The fraction of sp³-hybridized carbons (Fsp3) is 0.385. The third kappa shape index (κ3) is 3.35. The Morgan fingerprint density at radius 2 is 1.86 bits per heavy atom. The predicted octanol–water partition coefficient (Wildman–Crippen LogP) is 3.17. The van der Waals surface area contributed by atoms with Gasteiger partial charge in [-0.25, -0.2) is 0 Å². The van der Waals surface area contributed by atoms with Crippen LogP contribution in [0.3, 0.4) is 0 Å². The van der Waals surface area contributed by atoms with Gasteiger partial charge in [0.25, 0.3) is 0 Å². The maximum absolute atomic E-state index is 2.30. The van der Waals surface area contributed by atoms with Crippen molar-refractivity contribution >= 4 is 6.08 Å². The lowest BCUT2D eigenvalue weighted by atomic mass is 10.1. The van der Waals surface area contributed by atoms with Crippen molar-refractivity contribution in [2.45, 2.75) is 20.4 Å². The van der Waals surface area contributed by atoms with Gasteiger partial charge in [0, 0.05) is 6.54 Å². The summed E-state index contributed by atoms with van der Waals surface area (Å²) in [7, 11) is 2.14. The molecule has 0 fully saturated rings. The van der Waals surface area contributed by atoms with Crippen LogP contribution in [0.4, 0.5) is 0 Å². The SMILES string of the molecule is CC=Cc1ccc(CN(C)CC)cc1. The molecule has 76 valence electrons. The standard InChI is InChI=1S/C13H19N/c1-4-6-12-7-9-13(10-8-12)11-14(3)5-2/h4,6-10H,5,11H2,1-3H3. The first-order chi connectivity index (χ1) is 6.76. The van der Waals surface area contributed by atoms with Crippen LogP contribution < -0.4 is 0 Å². The quantitative estimate of drug-likeness (QED) is 0.703. The number of hydrogen-bond acceptors (Lipinski definition) is 1. The van der Waals surface area contributed by atoms with E-state index < -0.39 is 0 Å². The molecule has 0 saturated carbocycles. The smallest absolute Gasteiger partial charge is 0.0230 e. The van der Waals surface area contributed by atoms with Crippen molar-refractivity contribution in [1.29, 1.82) is 0 Å². The van der Waals surface area contributed by atoms with Crippen LogP contribution in [0.25, 0.3) is 6.08 Å². The van der Waals surface area contributed by atoms with Gasteiger partial charge >= 0.3 is 0 Å². The summed E-state index contributed by atoms with van der Waals surface area (Å²) >= 11 is 0. The third-order valence-electron chi connectivity index (χ3n) is 2.33. The predicted molar refractivity (Wildman–Crippen MR) is 63.2 cm³/mol. The summed E-state index contributed by atoms with van der Waals surface area (Å²) in [6.07, 6.45) is 4.18. The van der Waals surface area contributed by atoms with Crippen molar-refractivity contribution in [1.82, 2.24) is 4.90 Å². The molecule has 1 aromatic carbocycles. The Hall–Kier alpha value is -1.08. The van der Waals surface area contributed by atoms with E-state index in [0.29, 0.717) is 0 Å². The summed E-state index contributed by atoms with van der Waals surface area (Å²) in [5.74, 6) is 0. The minimum atomic E-state index is 1.03. The van der Waals surface area contributed by atoms with E-state index in [1.165, 1.54) is 11.1 Å². The van der Waals surface area contributed by atoms with E-state index in [9.17, 15) is 0 Å². The molecule has 0 amide bonds. The van der Waals surface area contributed by atoms with Gasteiger partial charge in [-0.2, -0.15) is 0 Å². The Labute approximate surface area is 87.1 Å². The van der Waals surface area contributed by atoms with E-state index in [0.717, 1.165) is 13.1 Å². The lowest BCUT2D eigenvalue weighted by Gasteiger charge is -2.13. The molecule has 0 unspecified atom stereocenters. The molecule has 0 saturated heterocycles. The van der Waals surface area contributed by atoms with E-state index >= 15 is 0 Å². The van der Waals surface area contributed by atoms with Crippen LogP contribution in [0.1, 0.15) is 25.0 Å². The van der Waals surface area contributed by atoms with Crippen molar-refractivity contribution in [2.24, 2.45) is 0 Å². The molecule has 0 bridgehead atoms. The van der Waals surface area contributed by atoms with Crippen molar-refractivity contribution in [2.75, 3.05) is 13.6 Å². The van der Waals surface area contributed by atoms with Gasteiger partial charge in [0.1, 0.15) is 0 Å². The van der Waals surface area contributed by atoms with Gasteiger partial charge in [-0.15, -0.1) is 0 Å². The van der Waals surface area contributed by atoms with Crippen molar-refractivity contribution in [3.63, 3.8) is 0 Å². The highest BCUT2D eigenvalue weighted by molar-refractivity contribution is 5.49. The Bertz CT molecular complexity index is 285. The Kier molecular flexibility index (Phi) is 4.41. The first kappa shape index (κ1) is 11.0. The number of hydrogen-bond donors (Lipinski definition) is 0. The topological polar surface area (TPSA) is 3.24 Å². The zero-order valence-electron chi connectivity index (χ0n) is 9.33. The summed E-state index contributed by atoms with van der Waals surface area (Å²) in [5, 5.41) is 0.